The lowest BCUT2D eigenvalue weighted by atomic mass is 9.78. The van der Waals surface area contributed by atoms with Crippen molar-refractivity contribution in [2.45, 2.75) is 124 Å². The van der Waals surface area contributed by atoms with Crippen LogP contribution in [0.4, 0.5) is 0 Å². The van der Waals surface area contributed by atoms with Crippen LogP contribution in [0.15, 0.2) is 78.9 Å². The molecule has 0 spiro atoms. The van der Waals surface area contributed by atoms with Gasteiger partial charge in [-0.3, -0.25) is 0 Å². The van der Waals surface area contributed by atoms with Crippen LogP contribution >= 0.6 is 0 Å². The van der Waals surface area contributed by atoms with Gasteiger partial charge < -0.3 is 0 Å². The molecule has 0 aliphatic carbocycles. The van der Waals surface area contributed by atoms with E-state index < -0.39 is 33.6 Å². The maximum atomic E-state index is 6.29. The van der Waals surface area contributed by atoms with E-state index >= 15 is 0 Å². The molecule has 0 fully saturated rings. The summed E-state index contributed by atoms with van der Waals surface area (Å²) in [5.74, 6) is 0. The van der Waals surface area contributed by atoms with Crippen LogP contribution in [0.1, 0.15) is 118 Å². The molecule has 3 aromatic rings. The highest BCUT2D eigenvalue weighted by Crippen LogP contribution is 2.44. The Balaban J connectivity index is 2.04. The lowest BCUT2D eigenvalue weighted by molar-refractivity contribution is -0.416. The van der Waals surface area contributed by atoms with E-state index in [1.165, 1.54) is 0 Å². The highest BCUT2D eigenvalue weighted by Gasteiger charge is 2.42. The van der Waals surface area contributed by atoms with Gasteiger partial charge in [0.05, 0.1) is 5.60 Å². The number of hydrogen-bond acceptors (Lipinski definition) is 6. The Morgan fingerprint density at radius 3 is 1.00 bits per heavy atom. The summed E-state index contributed by atoms with van der Waals surface area (Å²) in [5, 5.41) is 0. The largest absolute Gasteiger partial charge is 0.230 e. The lowest BCUT2D eigenvalue weighted by Crippen LogP contribution is -2.38. The number of hydrogen-bond donors (Lipinski definition) is 0. The summed E-state index contributed by atoms with van der Waals surface area (Å²) in [6.07, 6.45) is 0. The average Bonchev–Trinajstić information content (AvgIpc) is 2.94. The predicted molar refractivity (Wildman–Crippen MR) is 171 cm³/mol. The minimum atomic E-state index is -0.912. The van der Waals surface area contributed by atoms with Gasteiger partial charge in [-0.2, -0.15) is 0 Å². The zero-order chi connectivity index (χ0) is 32.3. The molecule has 0 bridgehead atoms. The second kappa shape index (κ2) is 12.8. The number of benzene rings is 3. The van der Waals surface area contributed by atoms with E-state index in [0.717, 1.165) is 27.8 Å². The average molecular weight is 593 g/mol. The second-order valence-electron chi connectivity index (χ2n) is 14.6. The normalized spacial score (nSPS) is 13.8. The molecular weight excluding hydrogens is 540 g/mol. The van der Waals surface area contributed by atoms with Gasteiger partial charge in [-0.05, 0) is 118 Å². The zero-order valence-electron chi connectivity index (χ0n) is 28.5. The van der Waals surface area contributed by atoms with Crippen molar-refractivity contribution in [3.8, 4) is 0 Å². The predicted octanol–water partition coefficient (Wildman–Crippen LogP) is 9.91. The molecule has 0 radical (unpaired) electrons. The Morgan fingerprint density at radius 2 is 0.651 bits per heavy atom. The molecule has 236 valence electrons. The minimum Gasteiger partial charge on any atom is -0.230 e. The van der Waals surface area contributed by atoms with Gasteiger partial charge in [0.25, 0.3) is 0 Å². The summed E-state index contributed by atoms with van der Waals surface area (Å²) in [6, 6.07) is 26.1. The van der Waals surface area contributed by atoms with Gasteiger partial charge in [-0.1, -0.05) is 78.9 Å². The summed E-state index contributed by atoms with van der Waals surface area (Å²) in [4.78, 5) is 37.0. The molecule has 0 amide bonds. The number of rotatable bonds is 13. The van der Waals surface area contributed by atoms with E-state index in [4.69, 9.17) is 29.3 Å². The van der Waals surface area contributed by atoms with Crippen LogP contribution in [-0.4, -0.2) is 5.60 Å². The van der Waals surface area contributed by atoms with Gasteiger partial charge in [0.2, 0.25) is 0 Å². The van der Waals surface area contributed by atoms with Crippen molar-refractivity contribution in [2.75, 3.05) is 0 Å². The van der Waals surface area contributed by atoms with E-state index in [1.54, 1.807) is 0 Å². The minimum absolute atomic E-state index is 0.518. The summed E-state index contributed by atoms with van der Waals surface area (Å²) in [6.45, 7) is 25.7. The van der Waals surface area contributed by atoms with Crippen LogP contribution in [0.5, 0.6) is 0 Å². The highest BCUT2D eigenvalue weighted by atomic mass is 17.2. The molecule has 3 aromatic carbocycles. The van der Waals surface area contributed by atoms with Gasteiger partial charge in [0, 0.05) is 0 Å². The van der Waals surface area contributed by atoms with Gasteiger partial charge in [-0.15, -0.1) is 0 Å². The Kier molecular flexibility index (Phi) is 10.4. The standard InChI is InChI=1S/C37H52O6/c1-32(2,3)38-43-37(12,13)31-29(35(8,9)41-39-33(4,5)27-21-16-14-17-22-27)25-20-26-30(31)36(10,11)42-40-34(6,7)28-23-18-15-19-24-28/h14-26H,1-13H3. The van der Waals surface area contributed by atoms with Crippen molar-refractivity contribution >= 4 is 0 Å². The quantitative estimate of drug-likeness (QED) is 0.145. The topological polar surface area (TPSA) is 55.4 Å². The fourth-order valence-corrected chi connectivity index (χ4v) is 4.76. The zero-order valence-corrected chi connectivity index (χ0v) is 28.5. The molecule has 6 heteroatoms. The molecule has 0 aliphatic heterocycles. The Morgan fingerprint density at radius 1 is 0.326 bits per heavy atom. The lowest BCUT2D eigenvalue weighted by Gasteiger charge is -2.40. The molecule has 0 aliphatic rings. The van der Waals surface area contributed by atoms with Crippen molar-refractivity contribution in [1.82, 2.24) is 0 Å². The molecule has 43 heavy (non-hydrogen) atoms. The summed E-state index contributed by atoms with van der Waals surface area (Å²) >= 11 is 0. The van der Waals surface area contributed by atoms with Crippen molar-refractivity contribution in [3.05, 3.63) is 107 Å². The first-order valence-corrected chi connectivity index (χ1v) is 15.0. The fraction of sp³-hybridized carbons (Fsp3) is 0.514. The highest BCUT2D eigenvalue weighted by molar-refractivity contribution is 5.45. The monoisotopic (exact) mass is 592 g/mol. The van der Waals surface area contributed by atoms with E-state index in [9.17, 15) is 0 Å². The van der Waals surface area contributed by atoms with Crippen LogP contribution in [0, 0.1) is 0 Å². The molecule has 0 heterocycles. The molecule has 3 rings (SSSR count). The Bertz CT molecular complexity index is 1230. The molecule has 0 N–H and O–H groups in total. The SMILES string of the molecule is CC(C)(C)OOC(C)(C)c1c(C(C)(C)OOC(C)(C)c2ccccc2)cccc1C(C)(C)OOC(C)(C)c1ccccc1. The van der Waals surface area contributed by atoms with Gasteiger partial charge in [0.1, 0.15) is 28.0 Å². The molecule has 0 atom stereocenters. The van der Waals surface area contributed by atoms with E-state index in [1.807, 2.05) is 169 Å². The van der Waals surface area contributed by atoms with Crippen molar-refractivity contribution in [3.63, 3.8) is 0 Å². The van der Waals surface area contributed by atoms with Crippen molar-refractivity contribution < 1.29 is 29.3 Å². The van der Waals surface area contributed by atoms with Crippen LogP contribution in [0.25, 0.3) is 0 Å². The smallest absolute Gasteiger partial charge is 0.124 e. The van der Waals surface area contributed by atoms with Crippen LogP contribution in [0.2, 0.25) is 0 Å². The van der Waals surface area contributed by atoms with E-state index in [-0.39, 0.29) is 0 Å². The molecule has 0 saturated carbocycles. The maximum absolute atomic E-state index is 6.29. The summed E-state index contributed by atoms with van der Waals surface area (Å²) in [7, 11) is 0. The van der Waals surface area contributed by atoms with Crippen LogP contribution in [0.3, 0.4) is 0 Å². The van der Waals surface area contributed by atoms with Crippen molar-refractivity contribution in [1.29, 1.82) is 0 Å². The molecular formula is C37H52O6. The van der Waals surface area contributed by atoms with Gasteiger partial charge in [0.15, 0.2) is 0 Å². The fourth-order valence-electron chi connectivity index (χ4n) is 4.76. The molecule has 0 aromatic heterocycles. The summed E-state index contributed by atoms with van der Waals surface area (Å²) in [5.41, 5.74) is 0.0421. The van der Waals surface area contributed by atoms with Crippen molar-refractivity contribution in [2.24, 2.45) is 0 Å². The van der Waals surface area contributed by atoms with Crippen LogP contribution in [-0.2, 0) is 57.3 Å². The third kappa shape index (κ3) is 8.98. The third-order valence-corrected chi connectivity index (χ3v) is 7.32. The molecule has 0 unspecified atom stereocenters. The Labute approximate surface area is 259 Å². The first-order valence-electron chi connectivity index (χ1n) is 15.0. The Hall–Kier alpha value is -2.58. The summed E-state index contributed by atoms with van der Waals surface area (Å²) < 4.78 is 0. The first-order chi connectivity index (χ1) is 19.7. The third-order valence-electron chi connectivity index (χ3n) is 7.32. The molecule has 6 nitrogen and oxygen atoms in total. The second-order valence-corrected chi connectivity index (χ2v) is 14.6. The van der Waals surface area contributed by atoms with E-state index in [0.29, 0.717) is 0 Å². The first kappa shape index (κ1) is 34.9. The van der Waals surface area contributed by atoms with Gasteiger partial charge in [-0.25, -0.2) is 29.3 Å². The van der Waals surface area contributed by atoms with Gasteiger partial charge >= 0.3 is 0 Å². The maximum Gasteiger partial charge on any atom is 0.124 e. The van der Waals surface area contributed by atoms with E-state index in [2.05, 4.69) is 0 Å². The van der Waals surface area contributed by atoms with Crippen LogP contribution < -0.4 is 0 Å². The molecule has 0 saturated heterocycles.